The number of rotatable bonds is 3. The molecular formula is C14H22N2O3S. The molecule has 1 aromatic rings. The van der Waals surface area contributed by atoms with E-state index in [-0.39, 0.29) is 16.6 Å². The third-order valence-corrected chi connectivity index (χ3v) is 5.28. The summed E-state index contributed by atoms with van der Waals surface area (Å²) in [6.45, 7) is 8.40. The van der Waals surface area contributed by atoms with Crippen LogP contribution in [0.1, 0.15) is 45.9 Å². The van der Waals surface area contributed by atoms with Gasteiger partial charge in [0.15, 0.2) is 0 Å². The molecule has 0 bridgehead atoms. The van der Waals surface area contributed by atoms with Crippen LogP contribution in [0.2, 0.25) is 0 Å². The van der Waals surface area contributed by atoms with Gasteiger partial charge in [-0.1, -0.05) is 32.5 Å². The summed E-state index contributed by atoms with van der Waals surface area (Å²) in [6, 6.07) is 0. The van der Waals surface area contributed by atoms with Gasteiger partial charge in [-0.2, -0.15) is 0 Å². The van der Waals surface area contributed by atoms with Gasteiger partial charge in [-0.25, -0.2) is 0 Å². The van der Waals surface area contributed by atoms with Gasteiger partial charge in [-0.05, 0) is 30.6 Å². The number of thioether (sulfide) groups is 1. The summed E-state index contributed by atoms with van der Waals surface area (Å²) >= 11 is 1.42. The van der Waals surface area contributed by atoms with E-state index in [1.54, 1.807) is 6.92 Å². The SMILES string of the molecule is Cc1nnc(SC2CC(C(C)(C)C)CCC2C(=O)O)o1. The first-order valence-electron chi connectivity index (χ1n) is 6.97. The molecule has 0 saturated heterocycles. The Bertz CT molecular complexity index is 481. The lowest BCUT2D eigenvalue weighted by Crippen LogP contribution is -2.37. The molecule has 1 heterocycles. The highest BCUT2D eigenvalue weighted by molar-refractivity contribution is 7.99. The molecule has 0 aliphatic heterocycles. The molecule has 2 rings (SSSR count). The van der Waals surface area contributed by atoms with E-state index in [0.717, 1.165) is 19.3 Å². The first kappa shape index (κ1) is 15.4. The minimum atomic E-state index is -0.717. The third-order valence-electron chi connectivity index (χ3n) is 4.09. The second-order valence-electron chi connectivity index (χ2n) is 6.56. The molecule has 3 unspecified atom stereocenters. The van der Waals surface area contributed by atoms with Crippen molar-refractivity contribution < 1.29 is 14.3 Å². The molecule has 0 amide bonds. The number of hydrogen-bond acceptors (Lipinski definition) is 5. The molecule has 6 heteroatoms. The van der Waals surface area contributed by atoms with E-state index in [2.05, 4.69) is 31.0 Å². The molecule has 1 aromatic heterocycles. The Balaban J connectivity index is 2.12. The Labute approximate surface area is 123 Å². The largest absolute Gasteiger partial charge is 0.481 e. The highest BCUT2D eigenvalue weighted by Crippen LogP contribution is 2.45. The number of hydrogen-bond donors (Lipinski definition) is 1. The Hall–Kier alpha value is -1.04. The van der Waals surface area contributed by atoms with E-state index in [0.29, 0.717) is 17.0 Å². The number of aliphatic carboxylic acids is 1. The fourth-order valence-corrected chi connectivity index (χ4v) is 4.04. The number of aromatic nitrogens is 2. The summed E-state index contributed by atoms with van der Waals surface area (Å²) in [5.41, 5.74) is 0.201. The molecule has 1 aliphatic rings. The first-order valence-corrected chi connectivity index (χ1v) is 7.85. The number of aryl methyl sites for hydroxylation is 1. The molecular weight excluding hydrogens is 276 g/mol. The lowest BCUT2D eigenvalue weighted by Gasteiger charge is -2.39. The molecule has 1 aliphatic carbocycles. The van der Waals surface area contributed by atoms with Crippen LogP contribution < -0.4 is 0 Å². The zero-order valence-corrected chi connectivity index (χ0v) is 13.2. The van der Waals surface area contributed by atoms with Crippen molar-refractivity contribution in [2.45, 2.75) is 57.4 Å². The molecule has 0 aromatic carbocycles. The Morgan fingerprint density at radius 3 is 2.55 bits per heavy atom. The van der Waals surface area contributed by atoms with Gasteiger partial charge in [0.25, 0.3) is 5.22 Å². The van der Waals surface area contributed by atoms with Gasteiger partial charge < -0.3 is 9.52 Å². The number of carbonyl (C=O) groups is 1. The molecule has 1 N–H and O–H groups in total. The summed E-state index contributed by atoms with van der Waals surface area (Å²) < 4.78 is 5.38. The number of carboxylic acids is 1. The maximum Gasteiger partial charge on any atom is 0.307 e. The van der Waals surface area contributed by atoms with Crippen LogP contribution in [0, 0.1) is 24.2 Å². The zero-order valence-electron chi connectivity index (χ0n) is 12.4. The van der Waals surface area contributed by atoms with Crippen LogP contribution in [0.5, 0.6) is 0 Å². The fourth-order valence-electron chi connectivity index (χ4n) is 2.78. The quantitative estimate of drug-likeness (QED) is 0.921. The highest BCUT2D eigenvalue weighted by atomic mass is 32.2. The van der Waals surface area contributed by atoms with Crippen LogP contribution in [-0.4, -0.2) is 26.5 Å². The van der Waals surface area contributed by atoms with Gasteiger partial charge in [0.2, 0.25) is 5.89 Å². The molecule has 5 nitrogen and oxygen atoms in total. The standard InChI is InChI=1S/C14H22N2O3S/c1-8-15-16-13(19-8)20-11-7-9(14(2,3)4)5-6-10(11)12(17)18/h9-11H,5-7H2,1-4H3,(H,17,18). The lowest BCUT2D eigenvalue weighted by molar-refractivity contribution is -0.143. The Morgan fingerprint density at radius 2 is 2.05 bits per heavy atom. The summed E-state index contributed by atoms with van der Waals surface area (Å²) in [6.07, 6.45) is 2.58. The minimum Gasteiger partial charge on any atom is -0.481 e. The average molecular weight is 298 g/mol. The first-order chi connectivity index (χ1) is 9.27. The number of nitrogens with zero attached hydrogens (tertiary/aromatic N) is 2. The van der Waals surface area contributed by atoms with Crippen molar-refractivity contribution in [3.05, 3.63) is 5.89 Å². The van der Waals surface area contributed by atoms with E-state index < -0.39 is 5.97 Å². The van der Waals surface area contributed by atoms with E-state index >= 15 is 0 Å². The maximum absolute atomic E-state index is 11.4. The Kier molecular flexibility index (Phi) is 4.42. The van der Waals surface area contributed by atoms with Crippen LogP contribution >= 0.6 is 11.8 Å². The van der Waals surface area contributed by atoms with Gasteiger partial charge in [0.1, 0.15) is 0 Å². The maximum atomic E-state index is 11.4. The van der Waals surface area contributed by atoms with Crippen LogP contribution in [0.4, 0.5) is 0 Å². The van der Waals surface area contributed by atoms with E-state index in [1.165, 1.54) is 11.8 Å². The minimum absolute atomic E-state index is 0.00493. The summed E-state index contributed by atoms with van der Waals surface area (Å²) in [4.78, 5) is 11.4. The topological polar surface area (TPSA) is 76.2 Å². The summed E-state index contributed by atoms with van der Waals surface area (Å²) in [7, 11) is 0. The van der Waals surface area contributed by atoms with Crippen molar-refractivity contribution in [3.8, 4) is 0 Å². The van der Waals surface area contributed by atoms with Crippen LogP contribution in [0.15, 0.2) is 9.64 Å². The predicted molar refractivity (Wildman–Crippen MR) is 76.6 cm³/mol. The van der Waals surface area contributed by atoms with Crippen molar-refractivity contribution >= 4 is 17.7 Å². The van der Waals surface area contributed by atoms with Crippen LogP contribution in [-0.2, 0) is 4.79 Å². The van der Waals surface area contributed by atoms with Crippen molar-refractivity contribution in [3.63, 3.8) is 0 Å². The number of carboxylic acid groups (broad SMARTS) is 1. The zero-order chi connectivity index (χ0) is 14.9. The molecule has 0 radical (unpaired) electrons. The highest BCUT2D eigenvalue weighted by Gasteiger charge is 2.40. The summed E-state index contributed by atoms with van der Waals surface area (Å²) in [5, 5.41) is 17.7. The molecule has 3 atom stereocenters. The molecule has 0 spiro atoms. The van der Waals surface area contributed by atoms with Crippen LogP contribution in [0.3, 0.4) is 0 Å². The fraction of sp³-hybridized carbons (Fsp3) is 0.786. The lowest BCUT2D eigenvalue weighted by atomic mass is 9.69. The van der Waals surface area contributed by atoms with E-state index in [1.807, 2.05) is 0 Å². The molecule has 1 fully saturated rings. The normalized spacial score (nSPS) is 27.5. The smallest absolute Gasteiger partial charge is 0.307 e. The third kappa shape index (κ3) is 3.53. The van der Waals surface area contributed by atoms with E-state index in [9.17, 15) is 9.90 Å². The van der Waals surface area contributed by atoms with Crippen LogP contribution in [0.25, 0.3) is 0 Å². The average Bonchev–Trinajstić information content (AvgIpc) is 2.73. The van der Waals surface area contributed by atoms with Crippen molar-refractivity contribution in [2.24, 2.45) is 17.3 Å². The monoisotopic (exact) mass is 298 g/mol. The summed E-state index contributed by atoms with van der Waals surface area (Å²) in [5.74, 6) is -0.000855. The van der Waals surface area contributed by atoms with Crippen molar-refractivity contribution in [1.29, 1.82) is 0 Å². The molecule has 1 saturated carbocycles. The van der Waals surface area contributed by atoms with Gasteiger partial charge in [-0.15, -0.1) is 10.2 Å². The van der Waals surface area contributed by atoms with E-state index in [4.69, 9.17) is 4.42 Å². The van der Waals surface area contributed by atoms with Gasteiger partial charge in [-0.3, -0.25) is 4.79 Å². The Morgan fingerprint density at radius 1 is 1.35 bits per heavy atom. The second kappa shape index (κ2) is 5.76. The van der Waals surface area contributed by atoms with Crippen molar-refractivity contribution in [2.75, 3.05) is 0 Å². The van der Waals surface area contributed by atoms with Gasteiger partial charge in [0, 0.05) is 12.2 Å². The molecule has 20 heavy (non-hydrogen) atoms. The van der Waals surface area contributed by atoms with Gasteiger partial charge >= 0.3 is 5.97 Å². The van der Waals surface area contributed by atoms with Crippen molar-refractivity contribution in [1.82, 2.24) is 10.2 Å². The molecule has 112 valence electrons. The van der Waals surface area contributed by atoms with Gasteiger partial charge in [0.05, 0.1) is 5.92 Å². The predicted octanol–water partition coefficient (Wildman–Crippen LogP) is 3.39. The second-order valence-corrected chi connectivity index (χ2v) is 7.75.